The third kappa shape index (κ3) is 7.66. The van der Waals surface area contributed by atoms with Crippen molar-refractivity contribution in [2.45, 2.75) is 20.4 Å². The van der Waals surface area contributed by atoms with Crippen LogP contribution in [0.2, 0.25) is 0 Å². The van der Waals surface area contributed by atoms with Crippen LogP contribution in [0.4, 0.5) is 0 Å². The number of nitrogens with two attached hydrogens (primary N) is 1. The lowest BCUT2D eigenvalue weighted by Crippen LogP contribution is -2.20. The van der Waals surface area contributed by atoms with Gasteiger partial charge in [-0.1, -0.05) is 29.8 Å². The van der Waals surface area contributed by atoms with Gasteiger partial charge in [-0.25, -0.2) is 0 Å². The Morgan fingerprint density at radius 2 is 2.00 bits per heavy atom. The molecule has 0 spiro atoms. The van der Waals surface area contributed by atoms with Crippen molar-refractivity contribution in [2.75, 3.05) is 6.61 Å². The molecule has 0 atom stereocenters. The minimum absolute atomic E-state index is 0.431. The van der Waals surface area contributed by atoms with Crippen molar-refractivity contribution < 1.29 is 9.53 Å². The van der Waals surface area contributed by atoms with Gasteiger partial charge in [0.25, 0.3) is 6.47 Å². The molecule has 0 amide bonds. The molecule has 0 saturated heterocycles. The van der Waals surface area contributed by atoms with Gasteiger partial charge in [0.05, 0.1) is 6.61 Å². The fourth-order valence-corrected chi connectivity index (χ4v) is 0.892. The van der Waals surface area contributed by atoms with Gasteiger partial charge in [0.2, 0.25) is 0 Å². The fourth-order valence-electron chi connectivity index (χ4n) is 0.892. The van der Waals surface area contributed by atoms with Crippen LogP contribution >= 0.6 is 0 Å². The van der Waals surface area contributed by atoms with Gasteiger partial charge in [-0.05, 0) is 19.4 Å². The van der Waals surface area contributed by atoms with Crippen molar-refractivity contribution in [3.05, 3.63) is 35.4 Å². The molecule has 0 heterocycles. The van der Waals surface area contributed by atoms with E-state index in [9.17, 15) is 4.79 Å². The minimum Gasteiger partial charge on any atom is -0.468 e. The molecule has 0 fully saturated rings. The second-order valence-electron chi connectivity index (χ2n) is 2.92. The molecule has 0 aliphatic rings. The van der Waals surface area contributed by atoms with E-state index in [4.69, 9.17) is 5.84 Å². The maximum absolute atomic E-state index is 9.18. The molecule has 0 aliphatic heterocycles. The van der Waals surface area contributed by atoms with E-state index in [0.29, 0.717) is 13.1 Å². The van der Waals surface area contributed by atoms with E-state index in [1.54, 1.807) is 6.92 Å². The van der Waals surface area contributed by atoms with Gasteiger partial charge in [-0.3, -0.25) is 16.1 Å². The summed E-state index contributed by atoms with van der Waals surface area (Å²) < 4.78 is 4.15. The van der Waals surface area contributed by atoms with Crippen molar-refractivity contribution in [2.24, 2.45) is 5.84 Å². The Morgan fingerprint density at radius 3 is 2.33 bits per heavy atom. The van der Waals surface area contributed by atoms with E-state index in [0.717, 1.165) is 6.54 Å². The quantitative estimate of drug-likeness (QED) is 0.444. The largest absolute Gasteiger partial charge is 0.468 e. The first kappa shape index (κ1) is 13.6. The lowest BCUT2D eigenvalue weighted by Gasteiger charge is -1.98. The number of aryl methyl sites for hydroxylation is 1. The van der Waals surface area contributed by atoms with Gasteiger partial charge in [-0.15, -0.1) is 0 Å². The summed E-state index contributed by atoms with van der Waals surface area (Å²) in [6.07, 6.45) is 0. The summed E-state index contributed by atoms with van der Waals surface area (Å²) in [5.41, 5.74) is 5.10. The predicted octanol–water partition coefficient (Wildman–Crippen LogP) is 1.14. The summed E-state index contributed by atoms with van der Waals surface area (Å²) in [5.74, 6) is 5.15. The molecule has 1 rings (SSSR count). The molecule has 0 bridgehead atoms. The zero-order valence-electron chi connectivity index (χ0n) is 9.19. The first-order chi connectivity index (χ1) is 7.24. The number of benzene rings is 1. The van der Waals surface area contributed by atoms with E-state index in [1.807, 2.05) is 0 Å². The number of hydrogen-bond acceptors (Lipinski definition) is 4. The Balaban J connectivity index is 0.000000336. The molecule has 0 unspecified atom stereocenters. The lowest BCUT2D eigenvalue weighted by atomic mass is 10.2. The van der Waals surface area contributed by atoms with Crippen molar-refractivity contribution in [3.8, 4) is 0 Å². The van der Waals surface area contributed by atoms with Crippen LogP contribution in [0.3, 0.4) is 0 Å². The molecule has 4 heteroatoms. The highest BCUT2D eigenvalue weighted by atomic mass is 16.5. The monoisotopic (exact) mass is 210 g/mol. The van der Waals surface area contributed by atoms with E-state index in [-0.39, 0.29) is 0 Å². The van der Waals surface area contributed by atoms with Crippen molar-refractivity contribution >= 4 is 6.47 Å². The molecule has 3 N–H and O–H groups in total. The van der Waals surface area contributed by atoms with Crippen molar-refractivity contribution in [1.29, 1.82) is 0 Å². The molecule has 0 aromatic heterocycles. The van der Waals surface area contributed by atoms with Crippen LogP contribution in [0, 0.1) is 6.92 Å². The Bertz CT molecular complexity index is 260. The molecule has 1 aromatic rings. The molecular weight excluding hydrogens is 192 g/mol. The van der Waals surface area contributed by atoms with Gasteiger partial charge in [0.1, 0.15) is 0 Å². The summed E-state index contributed by atoms with van der Waals surface area (Å²) >= 11 is 0. The minimum atomic E-state index is 0.431. The Morgan fingerprint density at radius 1 is 1.40 bits per heavy atom. The third-order valence-corrected chi connectivity index (χ3v) is 1.66. The molecular formula is C11H18N2O2. The van der Waals surface area contributed by atoms with Gasteiger partial charge >= 0.3 is 0 Å². The van der Waals surface area contributed by atoms with Gasteiger partial charge in [0, 0.05) is 6.54 Å². The van der Waals surface area contributed by atoms with Crippen LogP contribution in [0.15, 0.2) is 24.3 Å². The number of hydrazine groups is 1. The number of carbonyl (C=O) groups is 1. The Hall–Kier alpha value is -1.39. The van der Waals surface area contributed by atoms with E-state index < -0.39 is 0 Å². The molecule has 0 aliphatic carbocycles. The highest BCUT2D eigenvalue weighted by molar-refractivity contribution is 5.36. The zero-order chi connectivity index (χ0) is 11.5. The maximum Gasteiger partial charge on any atom is 0.293 e. The first-order valence-electron chi connectivity index (χ1n) is 4.78. The molecule has 0 radical (unpaired) electrons. The van der Waals surface area contributed by atoms with Crippen LogP contribution in [0.5, 0.6) is 0 Å². The smallest absolute Gasteiger partial charge is 0.293 e. The maximum atomic E-state index is 9.18. The summed E-state index contributed by atoms with van der Waals surface area (Å²) in [6, 6.07) is 8.28. The highest BCUT2D eigenvalue weighted by Crippen LogP contribution is 2.01. The van der Waals surface area contributed by atoms with Gasteiger partial charge in [-0.2, -0.15) is 0 Å². The first-order valence-corrected chi connectivity index (χ1v) is 4.78. The summed E-state index contributed by atoms with van der Waals surface area (Å²) in [7, 11) is 0. The normalized spacial score (nSPS) is 8.73. The van der Waals surface area contributed by atoms with Crippen molar-refractivity contribution in [1.82, 2.24) is 5.43 Å². The average molecular weight is 210 g/mol. The van der Waals surface area contributed by atoms with E-state index in [1.165, 1.54) is 11.1 Å². The molecule has 1 aromatic carbocycles. The van der Waals surface area contributed by atoms with Crippen LogP contribution < -0.4 is 11.3 Å². The summed E-state index contributed by atoms with van der Waals surface area (Å²) in [6.45, 7) is 5.47. The molecule has 84 valence electrons. The van der Waals surface area contributed by atoms with Crippen LogP contribution in [0.25, 0.3) is 0 Å². The average Bonchev–Trinajstić information content (AvgIpc) is 2.24. The fraction of sp³-hybridized carbons (Fsp3) is 0.364. The number of nitrogens with one attached hydrogen (secondary N) is 1. The number of ether oxygens (including phenoxy) is 1. The Kier molecular flexibility index (Phi) is 8.33. The van der Waals surface area contributed by atoms with Crippen LogP contribution in [-0.2, 0) is 16.1 Å². The highest BCUT2D eigenvalue weighted by Gasteiger charge is 1.87. The van der Waals surface area contributed by atoms with Gasteiger partial charge in [0.15, 0.2) is 0 Å². The molecule has 4 nitrogen and oxygen atoms in total. The topological polar surface area (TPSA) is 64.3 Å². The van der Waals surface area contributed by atoms with Gasteiger partial charge < -0.3 is 4.74 Å². The van der Waals surface area contributed by atoms with Crippen molar-refractivity contribution in [3.63, 3.8) is 0 Å². The zero-order valence-corrected chi connectivity index (χ0v) is 9.19. The number of hydrogen-bond donors (Lipinski definition) is 2. The number of carbonyl (C=O) groups excluding carboxylic acids is 1. The van der Waals surface area contributed by atoms with Crippen LogP contribution in [-0.4, -0.2) is 13.1 Å². The Labute approximate surface area is 90.4 Å². The second-order valence-corrected chi connectivity index (χ2v) is 2.92. The van der Waals surface area contributed by atoms with Crippen LogP contribution in [0.1, 0.15) is 18.1 Å². The predicted molar refractivity (Wildman–Crippen MR) is 59.9 cm³/mol. The molecule has 15 heavy (non-hydrogen) atoms. The SMILES string of the molecule is CCOC=O.Cc1ccc(CNN)cc1. The summed E-state index contributed by atoms with van der Waals surface area (Å²) in [4.78, 5) is 9.18. The summed E-state index contributed by atoms with van der Waals surface area (Å²) in [5, 5.41) is 0. The lowest BCUT2D eigenvalue weighted by molar-refractivity contribution is -0.128. The van der Waals surface area contributed by atoms with E-state index >= 15 is 0 Å². The number of rotatable bonds is 4. The second kappa shape index (κ2) is 9.18. The molecule has 0 saturated carbocycles. The van der Waals surface area contributed by atoms with E-state index in [2.05, 4.69) is 41.4 Å². The standard InChI is InChI=1S/C8H12N2.C3H6O2/c1-7-2-4-8(5-3-7)6-10-9;1-2-5-3-4/h2-5,10H,6,9H2,1H3;3H,2H2,1H3. The third-order valence-electron chi connectivity index (χ3n) is 1.66.